The fourth-order valence-electron chi connectivity index (χ4n) is 1.66. The van der Waals surface area contributed by atoms with E-state index in [-0.39, 0.29) is 11.6 Å². The van der Waals surface area contributed by atoms with Crippen molar-refractivity contribution in [1.82, 2.24) is 0 Å². The van der Waals surface area contributed by atoms with Crippen molar-refractivity contribution >= 4 is 11.7 Å². The van der Waals surface area contributed by atoms with Gasteiger partial charge in [0, 0.05) is 12.3 Å². The van der Waals surface area contributed by atoms with Gasteiger partial charge in [0.25, 0.3) is 0 Å². The highest BCUT2D eigenvalue weighted by Crippen LogP contribution is 2.18. The highest BCUT2D eigenvalue weighted by molar-refractivity contribution is 5.89. The summed E-state index contributed by atoms with van der Waals surface area (Å²) in [5, 5.41) is 11.9. The standard InChI is InChI=1S/C11H12FNO3/c12-10-2-1-7(5-9(10)11(14)15)13-8-3-4-16-6-8/h1-2,5,8,13H,3-4,6H2,(H,14,15). The van der Waals surface area contributed by atoms with Crippen molar-refractivity contribution in [3.05, 3.63) is 29.6 Å². The van der Waals surface area contributed by atoms with Gasteiger partial charge in [-0.05, 0) is 24.6 Å². The normalized spacial score (nSPS) is 19.7. The van der Waals surface area contributed by atoms with Crippen LogP contribution in [0.1, 0.15) is 16.8 Å². The van der Waals surface area contributed by atoms with E-state index in [9.17, 15) is 9.18 Å². The number of anilines is 1. The second-order valence-corrected chi connectivity index (χ2v) is 3.70. The minimum absolute atomic E-state index is 0.173. The molecular formula is C11H12FNO3. The Morgan fingerprint density at radius 3 is 3.00 bits per heavy atom. The number of carboxylic acids is 1. The number of carbonyl (C=O) groups is 1. The molecule has 0 aliphatic carbocycles. The van der Waals surface area contributed by atoms with Gasteiger partial charge in [0.05, 0.1) is 18.2 Å². The predicted octanol–water partition coefficient (Wildman–Crippen LogP) is 1.72. The Kier molecular flexibility index (Phi) is 3.05. The number of rotatable bonds is 3. The summed E-state index contributed by atoms with van der Waals surface area (Å²) in [6.45, 7) is 1.30. The van der Waals surface area contributed by atoms with Crippen LogP contribution < -0.4 is 5.32 Å². The molecule has 1 aliphatic heterocycles. The molecule has 2 N–H and O–H groups in total. The van der Waals surface area contributed by atoms with Crippen molar-refractivity contribution < 1.29 is 19.0 Å². The lowest BCUT2D eigenvalue weighted by atomic mass is 10.1. The molecule has 2 rings (SSSR count). The second-order valence-electron chi connectivity index (χ2n) is 3.70. The lowest BCUT2D eigenvalue weighted by molar-refractivity contribution is 0.0692. The Labute approximate surface area is 92.0 Å². The van der Waals surface area contributed by atoms with Crippen molar-refractivity contribution in [1.29, 1.82) is 0 Å². The predicted molar refractivity (Wildman–Crippen MR) is 56.2 cm³/mol. The van der Waals surface area contributed by atoms with Gasteiger partial charge in [0.1, 0.15) is 5.82 Å². The molecule has 1 aromatic carbocycles. The lowest BCUT2D eigenvalue weighted by Crippen LogP contribution is -2.19. The molecule has 86 valence electrons. The number of ether oxygens (including phenoxy) is 1. The third-order valence-electron chi connectivity index (χ3n) is 2.50. The van der Waals surface area contributed by atoms with Crippen molar-refractivity contribution in [3.8, 4) is 0 Å². The Balaban J connectivity index is 2.15. The first kappa shape index (κ1) is 10.9. The maximum Gasteiger partial charge on any atom is 0.338 e. The third kappa shape index (κ3) is 2.30. The molecule has 16 heavy (non-hydrogen) atoms. The number of aromatic carboxylic acids is 1. The first-order valence-corrected chi connectivity index (χ1v) is 5.04. The van der Waals surface area contributed by atoms with Gasteiger partial charge < -0.3 is 15.2 Å². The lowest BCUT2D eigenvalue weighted by Gasteiger charge is -2.12. The van der Waals surface area contributed by atoms with Crippen LogP contribution in [-0.2, 0) is 4.74 Å². The largest absolute Gasteiger partial charge is 0.478 e. The zero-order valence-electron chi connectivity index (χ0n) is 8.57. The van der Waals surface area contributed by atoms with Crippen molar-refractivity contribution in [2.24, 2.45) is 0 Å². The molecule has 5 heteroatoms. The Bertz CT molecular complexity index is 402. The van der Waals surface area contributed by atoms with Crippen LogP contribution in [0.4, 0.5) is 10.1 Å². The van der Waals surface area contributed by atoms with E-state index >= 15 is 0 Å². The van der Waals surface area contributed by atoms with Gasteiger partial charge in [-0.1, -0.05) is 0 Å². The van der Waals surface area contributed by atoms with Crippen LogP contribution >= 0.6 is 0 Å². The minimum atomic E-state index is -1.26. The molecule has 0 bridgehead atoms. The quantitative estimate of drug-likeness (QED) is 0.822. The van der Waals surface area contributed by atoms with Gasteiger partial charge in [0.2, 0.25) is 0 Å². The Hall–Kier alpha value is -1.62. The summed E-state index contributed by atoms with van der Waals surface area (Å²) < 4.78 is 18.3. The first-order valence-electron chi connectivity index (χ1n) is 5.04. The maximum atomic E-state index is 13.1. The molecule has 1 aromatic rings. The molecule has 0 amide bonds. The maximum absolute atomic E-state index is 13.1. The van der Waals surface area contributed by atoms with Gasteiger partial charge in [0.15, 0.2) is 0 Å². The number of hydrogen-bond acceptors (Lipinski definition) is 3. The molecule has 0 radical (unpaired) electrons. The average molecular weight is 225 g/mol. The smallest absolute Gasteiger partial charge is 0.338 e. The van der Waals surface area contributed by atoms with Crippen LogP contribution in [0.3, 0.4) is 0 Å². The van der Waals surface area contributed by atoms with Crippen molar-refractivity contribution in [3.63, 3.8) is 0 Å². The number of halogens is 1. The van der Waals surface area contributed by atoms with Crippen molar-refractivity contribution in [2.75, 3.05) is 18.5 Å². The van der Waals surface area contributed by atoms with E-state index in [4.69, 9.17) is 9.84 Å². The van der Waals surface area contributed by atoms with Gasteiger partial charge in [-0.2, -0.15) is 0 Å². The number of benzene rings is 1. The summed E-state index contributed by atoms with van der Waals surface area (Å²) in [4.78, 5) is 10.7. The zero-order valence-corrected chi connectivity index (χ0v) is 8.57. The first-order chi connectivity index (χ1) is 7.66. The highest BCUT2D eigenvalue weighted by Gasteiger charge is 2.16. The van der Waals surface area contributed by atoms with Gasteiger partial charge in [-0.25, -0.2) is 9.18 Å². The summed E-state index contributed by atoms with van der Waals surface area (Å²) in [6, 6.07) is 4.16. The number of nitrogens with one attached hydrogen (secondary N) is 1. The van der Waals surface area contributed by atoms with Crippen LogP contribution in [0.25, 0.3) is 0 Å². The van der Waals surface area contributed by atoms with Crippen LogP contribution in [0, 0.1) is 5.82 Å². The zero-order chi connectivity index (χ0) is 11.5. The van der Waals surface area contributed by atoms with Gasteiger partial charge in [-0.15, -0.1) is 0 Å². The topological polar surface area (TPSA) is 58.6 Å². The molecule has 1 heterocycles. The van der Waals surface area contributed by atoms with E-state index in [1.54, 1.807) is 0 Å². The fourth-order valence-corrected chi connectivity index (χ4v) is 1.66. The van der Waals surface area contributed by atoms with Gasteiger partial charge >= 0.3 is 5.97 Å². The highest BCUT2D eigenvalue weighted by atomic mass is 19.1. The van der Waals surface area contributed by atoms with E-state index in [1.807, 2.05) is 0 Å². The van der Waals surface area contributed by atoms with Gasteiger partial charge in [-0.3, -0.25) is 0 Å². The molecule has 0 saturated carbocycles. The Morgan fingerprint density at radius 2 is 2.38 bits per heavy atom. The van der Waals surface area contributed by atoms with Crippen LogP contribution in [0.2, 0.25) is 0 Å². The Morgan fingerprint density at radius 1 is 1.56 bits per heavy atom. The fraction of sp³-hybridized carbons (Fsp3) is 0.364. The molecule has 1 saturated heterocycles. The van der Waals surface area contributed by atoms with Crippen LogP contribution in [0.5, 0.6) is 0 Å². The molecule has 1 fully saturated rings. The molecule has 0 aromatic heterocycles. The second kappa shape index (κ2) is 4.49. The van der Waals surface area contributed by atoms with E-state index in [1.165, 1.54) is 12.1 Å². The number of hydrogen-bond donors (Lipinski definition) is 2. The summed E-state index contributed by atoms with van der Waals surface area (Å²) >= 11 is 0. The van der Waals surface area contributed by atoms with E-state index in [0.717, 1.165) is 12.5 Å². The van der Waals surface area contributed by atoms with Crippen LogP contribution in [0.15, 0.2) is 18.2 Å². The van der Waals surface area contributed by atoms with E-state index < -0.39 is 11.8 Å². The molecular weight excluding hydrogens is 213 g/mol. The summed E-state index contributed by atoms with van der Waals surface area (Å²) in [5.74, 6) is -1.98. The average Bonchev–Trinajstić information content (AvgIpc) is 2.73. The summed E-state index contributed by atoms with van der Waals surface area (Å²) in [7, 11) is 0. The van der Waals surface area contributed by atoms with E-state index in [2.05, 4.69) is 5.32 Å². The molecule has 0 spiro atoms. The summed E-state index contributed by atoms with van der Waals surface area (Å²) in [6.07, 6.45) is 0.875. The molecule has 4 nitrogen and oxygen atoms in total. The monoisotopic (exact) mass is 225 g/mol. The van der Waals surface area contributed by atoms with Crippen LogP contribution in [-0.4, -0.2) is 30.3 Å². The van der Waals surface area contributed by atoms with E-state index in [0.29, 0.717) is 18.9 Å². The molecule has 1 atom stereocenters. The summed E-state index contributed by atoms with van der Waals surface area (Å²) in [5.41, 5.74) is 0.290. The molecule has 1 aliphatic rings. The number of carboxylic acid groups (broad SMARTS) is 1. The van der Waals surface area contributed by atoms with Crippen molar-refractivity contribution in [2.45, 2.75) is 12.5 Å². The minimum Gasteiger partial charge on any atom is -0.478 e. The molecule has 1 unspecified atom stereocenters. The third-order valence-corrected chi connectivity index (χ3v) is 2.50. The SMILES string of the molecule is O=C(O)c1cc(NC2CCOC2)ccc1F.